The maximum absolute atomic E-state index is 4.57. The molecule has 20 heavy (non-hydrogen) atoms. The van der Waals surface area contributed by atoms with Crippen LogP contribution in [0.3, 0.4) is 0 Å². The molecule has 0 fully saturated rings. The van der Waals surface area contributed by atoms with Crippen LogP contribution >= 0.6 is 11.3 Å². The summed E-state index contributed by atoms with van der Waals surface area (Å²) in [5.41, 5.74) is 2.12. The lowest BCUT2D eigenvalue weighted by Crippen LogP contribution is -2.19. The van der Waals surface area contributed by atoms with E-state index < -0.39 is 0 Å². The summed E-state index contributed by atoms with van der Waals surface area (Å²) in [5.74, 6) is 0.663. The molecule has 0 radical (unpaired) electrons. The van der Waals surface area contributed by atoms with Gasteiger partial charge in [0.25, 0.3) is 0 Å². The molecule has 0 bridgehead atoms. The van der Waals surface area contributed by atoms with Crippen molar-refractivity contribution in [3.63, 3.8) is 0 Å². The van der Waals surface area contributed by atoms with Crippen LogP contribution in [0.1, 0.15) is 25.2 Å². The van der Waals surface area contributed by atoms with Crippen LogP contribution in [0.15, 0.2) is 30.0 Å². The lowest BCUT2D eigenvalue weighted by atomic mass is 10.2. The van der Waals surface area contributed by atoms with E-state index in [0.29, 0.717) is 5.92 Å². The molecule has 0 aliphatic carbocycles. The Morgan fingerprint density at radius 2 is 2.20 bits per heavy atom. The topological polar surface area (TPSA) is 47.2 Å². The van der Waals surface area contributed by atoms with E-state index in [2.05, 4.69) is 45.9 Å². The number of rotatable bonds is 6. The molecule has 3 rings (SSSR count). The van der Waals surface area contributed by atoms with Crippen molar-refractivity contribution in [2.24, 2.45) is 5.92 Å². The van der Waals surface area contributed by atoms with Crippen molar-refractivity contribution in [2.45, 2.75) is 26.9 Å². The van der Waals surface area contributed by atoms with Crippen LogP contribution in [0, 0.1) is 5.92 Å². The summed E-state index contributed by atoms with van der Waals surface area (Å²) in [6.45, 7) is 6.97. The largest absolute Gasteiger partial charge is 0.311 e. The molecule has 0 saturated carbocycles. The minimum atomic E-state index is 0.663. The van der Waals surface area contributed by atoms with Crippen LogP contribution in [-0.4, -0.2) is 25.7 Å². The first-order chi connectivity index (χ1) is 9.70. The lowest BCUT2D eigenvalue weighted by molar-refractivity contribution is 0.542. The summed E-state index contributed by atoms with van der Waals surface area (Å²) in [5, 5.41) is 10.0. The van der Waals surface area contributed by atoms with Crippen molar-refractivity contribution in [1.29, 1.82) is 0 Å². The van der Waals surface area contributed by atoms with Crippen LogP contribution in [0.4, 0.5) is 0 Å². The maximum atomic E-state index is 4.57. The van der Waals surface area contributed by atoms with Crippen molar-refractivity contribution in [2.75, 3.05) is 6.54 Å². The molecule has 3 aromatic heterocycles. The normalized spacial score (nSPS) is 11.8. The summed E-state index contributed by atoms with van der Waals surface area (Å²) in [6.07, 6.45) is 6.10. The van der Waals surface area contributed by atoms with E-state index in [9.17, 15) is 0 Å². The Kier molecular flexibility index (Phi) is 3.84. The van der Waals surface area contributed by atoms with Crippen LogP contribution in [0.25, 0.3) is 4.96 Å². The molecule has 0 spiro atoms. The van der Waals surface area contributed by atoms with Gasteiger partial charge >= 0.3 is 0 Å². The van der Waals surface area contributed by atoms with E-state index in [1.807, 2.05) is 22.5 Å². The van der Waals surface area contributed by atoms with Gasteiger partial charge in [-0.25, -0.2) is 4.98 Å². The molecule has 0 unspecified atom stereocenters. The van der Waals surface area contributed by atoms with Crippen molar-refractivity contribution in [1.82, 2.24) is 24.5 Å². The van der Waals surface area contributed by atoms with E-state index in [4.69, 9.17) is 0 Å². The highest BCUT2D eigenvalue weighted by atomic mass is 32.1. The number of imidazole rings is 1. The summed E-state index contributed by atoms with van der Waals surface area (Å²) < 4.78 is 3.99. The molecule has 6 heteroatoms. The van der Waals surface area contributed by atoms with Gasteiger partial charge in [-0.1, -0.05) is 13.8 Å². The highest BCUT2D eigenvalue weighted by molar-refractivity contribution is 7.15. The third-order valence-electron chi connectivity index (χ3n) is 3.02. The SMILES string of the molecule is CC(C)CNCc1ccn(Cc2cn3ccsc3n2)n1. The van der Waals surface area contributed by atoms with Gasteiger partial charge in [0.2, 0.25) is 0 Å². The maximum Gasteiger partial charge on any atom is 0.193 e. The molecule has 1 N–H and O–H groups in total. The van der Waals surface area contributed by atoms with E-state index in [-0.39, 0.29) is 0 Å². The standard InChI is InChI=1S/C14H19N5S/c1-11(2)7-15-8-12-3-4-19(17-12)10-13-9-18-5-6-20-14(18)16-13/h3-6,9,11,15H,7-8,10H2,1-2H3. The quantitative estimate of drug-likeness (QED) is 0.758. The van der Waals surface area contributed by atoms with Crippen molar-refractivity contribution in [3.8, 4) is 0 Å². The third kappa shape index (κ3) is 3.08. The minimum Gasteiger partial charge on any atom is -0.311 e. The van der Waals surface area contributed by atoms with Gasteiger partial charge in [0.05, 0.1) is 17.9 Å². The monoisotopic (exact) mass is 289 g/mol. The molecule has 3 heterocycles. The average molecular weight is 289 g/mol. The second kappa shape index (κ2) is 5.76. The van der Waals surface area contributed by atoms with Gasteiger partial charge in [-0.15, -0.1) is 11.3 Å². The van der Waals surface area contributed by atoms with Gasteiger partial charge in [-0.05, 0) is 18.5 Å². The Morgan fingerprint density at radius 1 is 1.30 bits per heavy atom. The molecule has 0 aromatic carbocycles. The molecule has 0 aliphatic rings. The van der Waals surface area contributed by atoms with Gasteiger partial charge in [-0.3, -0.25) is 9.08 Å². The fourth-order valence-electron chi connectivity index (χ4n) is 2.09. The second-order valence-corrected chi connectivity index (χ2v) is 6.23. The number of nitrogens with zero attached hydrogens (tertiary/aromatic N) is 4. The number of hydrogen-bond donors (Lipinski definition) is 1. The van der Waals surface area contributed by atoms with Crippen molar-refractivity contribution < 1.29 is 0 Å². The second-order valence-electron chi connectivity index (χ2n) is 5.35. The molecule has 0 saturated heterocycles. The number of aromatic nitrogens is 4. The molecule has 0 amide bonds. The van der Waals surface area contributed by atoms with E-state index in [0.717, 1.165) is 36.0 Å². The molecule has 106 valence electrons. The Labute approximate surface area is 122 Å². The molecule has 5 nitrogen and oxygen atoms in total. The molecular weight excluding hydrogens is 270 g/mol. The molecule has 3 aromatic rings. The third-order valence-corrected chi connectivity index (χ3v) is 3.79. The number of fused-ring (bicyclic) bond motifs is 1. The number of nitrogens with one attached hydrogen (secondary N) is 1. The van der Waals surface area contributed by atoms with E-state index >= 15 is 0 Å². The first kappa shape index (κ1) is 13.3. The first-order valence-corrected chi connectivity index (χ1v) is 7.73. The number of hydrogen-bond acceptors (Lipinski definition) is 4. The van der Waals surface area contributed by atoms with Gasteiger partial charge < -0.3 is 5.32 Å². The van der Waals surface area contributed by atoms with Gasteiger partial charge in [-0.2, -0.15) is 5.10 Å². The Morgan fingerprint density at radius 3 is 3.00 bits per heavy atom. The number of thiazole rings is 1. The van der Waals surface area contributed by atoms with Crippen molar-refractivity contribution >= 4 is 16.3 Å². The molecule has 0 atom stereocenters. The Hall–Kier alpha value is -1.66. The van der Waals surface area contributed by atoms with Crippen LogP contribution in [0.5, 0.6) is 0 Å². The zero-order chi connectivity index (χ0) is 13.9. The first-order valence-electron chi connectivity index (χ1n) is 6.85. The fraction of sp³-hybridized carbons (Fsp3) is 0.429. The fourth-order valence-corrected chi connectivity index (χ4v) is 2.81. The van der Waals surface area contributed by atoms with Crippen LogP contribution in [-0.2, 0) is 13.1 Å². The minimum absolute atomic E-state index is 0.663. The highest BCUT2D eigenvalue weighted by Crippen LogP contribution is 2.12. The lowest BCUT2D eigenvalue weighted by Gasteiger charge is -2.04. The summed E-state index contributed by atoms with van der Waals surface area (Å²) >= 11 is 1.65. The van der Waals surface area contributed by atoms with E-state index in [1.54, 1.807) is 11.3 Å². The summed E-state index contributed by atoms with van der Waals surface area (Å²) in [4.78, 5) is 5.60. The smallest absolute Gasteiger partial charge is 0.193 e. The average Bonchev–Trinajstić information content (AvgIpc) is 3.05. The van der Waals surface area contributed by atoms with Crippen LogP contribution in [0.2, 0.25) is 0 Å². The summed E-state index contributed by atoms with van der Waals surface area (Å²) in [7, 11) is 0. The Balaban J connectivity index is 1.60. The molecular formula is C14H19N5S. The van der Waals surface area contributed by atoms with Gasteiger partial charge in [0.15, 0.2) is 4.96 Å². The zero-order valence-corrected chi connectivity index (χ0v) is 12.6. The summed E-state index contributed by atoms with van der Waals surface area (Å²) in [6, 6.07) is 2.06. The van der Waals surface area contributed by atoms with Crippen LogP contribution < -0.4 is 5.32 Å². The zero-order valence-electron chi connectivity index (χ0n) is 11.8. The van der Waals surface area contributed by atoms with Gasteiger partial charge in [0.1, 0.15) is 0 Å². The van der Waals surface area contributed by atoms with Crippen molar-refractivity contribution in [3.05, 3.63) is 41.4 Å². The highest BCUT2D eigenvalue weighted by Gasteiger charge is 2.05. The predicted molar refractivity (Wildman–Crippen MR) is 80.9 cm³/mol. The predicted octanol–water partition coefficient (Wildman–Crippen LogP) is 2.39. The molecule has 0 aliphatic heterocycles. The Bertz CT molecular complexity index is 650. The van der Waals surface area contributed by atoms with Gasteiger partial charge in [0, 0.05) is 30.5 Å². The van der Waals surface area contributed by atoms with E-state index in [1.165, 1.54) is 0 Å².